The molecule has 0 saturated carbocycles. The number of nitrogens with one attached hydrogen (secondary N) is 2. The lowest BCUT2D eigenvalue weighted by molar-refractivity contribution is 0.0961. The van der Waals surface area contributed by atoms with Crippen molar-refractivity contribution in [1.29, 1.82) is 0 Å². The molecule has 150 valence electrons. The van der Waals surface area contributed by atoms with Crippen molar-refractivity contribution in [3.05, 3.63) is 95.0 Å². The van der Waals surface area contributed by atoms with Gasteiger partial charge in [-0.25, -0.2) is 0 Å². The second kappa shape index (κ2) is 8.75. The van der Waals surface area contributed by atoms with E-state index in [1.54, 1.807) is 42.2 Å². The smallest absolute Gasteiger partial charge is 0.259 e. The third kappa shape index (κ3) is 4.31. The molecule has 4 aromatic rings. The SMILES string of the molecule is CNC(=O)c1cccc(NC(=O)c2cn(Cc3ccccc3)nc2-c2cccs2)c1. The largest absolute Gasteiger partial charge is 0.355 e. The summed E-state index contributed by atoms with van der Waals surface area (Å²) in [4.78, 5) is 25.9. The van der Waals surface area contributed by atoms with Gasteiger partial charge in [-0.15, -0.1) is 11.3 Å². The highest BCUT2D eigenvalue weighted by atomic mass is 32.1. The minimum atomic E-state index is -0.272. The molecule has 4 rings (SSSR count). The van der Waals surface area contributed by atoms with Gasteiger partial charge in [0.05, 0.1) is 17.0 Å². The fraction of sp³-hybridized carbons (Fsp3) is 0.0870. The molecule has 0 spiro atoms. The van der Waals surface area contributed by atoms with Gasteiger partial charge in [0.25, 0.3) is 11.8 Å². The zero-order valence-electron chi connectivity index (χ0n) is 16.3. The average Bonchev–Trinajstić information content (AvgIpc) is 3.44. The summed E-state index contributed by atoms with van der Waals surface area (Å²) in [6.45, 7) is 0.568. The van der Waals surface area contributed by atoms with Crippen molar-refractivity contribution in [3.63, 3.8) is 0 Å². The Kier molecular flexibility index (Phi) is 5.72. The highest BCUT2D eigenvalue weighted by molar-refractivity contribution is 7.13. The maximum atomic E-state index is 13.1. The van der Waals surface area contributed by atoms with E-state index in [4.69, 9.17) is 0 Å². The number of benzene rings is 2. The zero-order chi connectivity index (χ0) is 20.9. The van der Waals surface area contributed by atoms with Gasteiger partial charge in [0.1, 0.15) is 5.69 Å². The number of hydrogen-bond donors (Lipinski definition) is 2. The monoisotopic (exact) mass is 416 g/mol. The first-order valence-corrected chi connectivity index (χ1v) is 10.3. The molecular formula is C23H20N4O2S. The molecule has 7 heteroatoms. The van der Waals surface area contributed by atoms with Crippen molar-refractivity contribution in [3.8, 4) is 10.6 Å². The summed E-state index contributed by atoms with van der Waals surface area (Å²) >= 11 is 1.53. The molecule has 2 N–H and O–H groups in total. The first-order valence-electron chi connectivity index (χ1n) is 9.43. The van der Waals surface area contributed by atoms with Crippen LogP contribution in [0.5, 0.6) is 0 Å². The molecule has 2 amide bonds. The number of amides is 2. The molecule has 2 heterocycles. The van der Waals surface area contributed by atoms with Gasteiger partial charge < -0.3 is 10.6 Å². The van der Waals surface area contributed by atoms with E-state index in [1.807, 2.05) is 47.8 Å². The van der Waals surface area contributed by atoms with Crippen molar-refractivity contribution in [2.45, 2.75) is 6.54 Å². The molecule has 0 bridgehead atoms. The van der Waals surface area contributed by atoms with Crippen LogP contribution in [0.25, 0.3) is 10.6 Å². The quantitative estimate of drug-likeness (QED) is 0.493. The molecule has 30 heavy (non-hydrogen) atoms. The van der Waals surface area contributed by atoms with Gasteiger partial charge >= 0.3 is 0 Å². The van der Waals surface area contributed by atoms with E-state index < -0.39 is 0 Å². The Morgan fingerprint density at radius 1 is 1.00 bits per heavy atom. The number of carbonyl (C=O) groups is 2. The standard InChI is InChI=1S/C23H20N4O2S/c1-24-22(28)17-9-5-10-18(13-17)25-23(29)19-15-27(14-16-7-3-2-4-8-16)26-21(19)20-11-6-12-30-20/h2-13,15H,14H2,1H3,(H,24,28)(H,25,29). The van der Waals surface area contributed by atoms with Crippen LogP contribution in [0.2, 0.25) is 0 Å². The number of thiophene rings is 1. The van der Waals surface area contributed by atoms with Crippen LogP contribution in [-0.4, -0.2) is 28.6 Å². The summed E-state index contributed by atoms with van der Waals surface area (Å²) in [5, 5.41) is 12.1. The Labute approximate surface area is 178 Å². The van der Waals surface area contributed by atoms with Crippen molar-refractivity contribution in [2.24, 2.45) is 0 Å². The maximum absolute atomic E-state index is 13.1. The molecule has 0 unspecified atom stereocenters. The van der Waals surface area contributed by atoms with Crippen molar-refractivity contribution < 1.29 is 9.59 Å². The molecule has 0 aliphatic rings. The van der Waals surface area contributed by atoms with Crippen molar-refractivity contribution >= 4 is 28.8 Å². The molecular weight excluding hydrogens is 396 g/mol. The second-order valence-electron chi connectivity index (χ2n) is 6.67. The van der Waals surface area contributed by atoms with Crippen LogP contribution in [0.4, 0.5) is 5.69 Å². The van der Waals surface area contributed by atoms with Gasteiger partial charge in [-0.05, 0) is 35.2 Å². The van der Waals surface area contributed by atoms with E-state index in [2.05, 4.69) is 15.7 Å². The summed E-state index contributed by atoms with van der Waals surface area (Å²) in [6.07, 6.45) is 1.76. The molecule has 0 atom stereocenters. The first-order chi connectivity index (χ1) is 14.6. The predicted octanol–water partition coefficient (Wildman–Crippen LogP) is 4.27. The van der Waals surface area contributed by atoms with Crippen LogP contribution < -0.4 is 10.6 Å². The van der Waals surface area contributed by atoms with Crippen LogP contribution in [0.15, 0.2) is 78.3 Å². The lowest BCUT2D eigenvalue weighted by Gasteiger charge is -2.07. The van der Waals surface area contributed by atoms with Crippen LogP contribution in [0, 0.1) is 0 Å². The summed E-state index contributed by atoms with van der Waals surface area (Å²) in [5.74, 6) is -0.479. The molecule has 0 aliphatic heterocycles. The number of anilines is 1. The zero-order valence-corrected chi connectivity index (χ0v) is 17.1. The minimum absolute atomic E-state index is 0.207. The summed E-state index contributed by atoms with van der Waals surface area (Å²) in [6, 6.07) is 20.7. The fourth-order valence-corrected chi connectivity index (χ4v) is 3.84. The van der Waals surface area contributed by atoms with E-state index in [0.29, 0.717) is 29.1 Å². The number of hydrogen-bond acceptors (Lipinski definition) is 4. The Balaban J connectivity index is 1.63. The van der Waals surface area contributed by atoms with Gasteiger partial charge in [-0.3, -0.25) is 14.3 Å². The summed E-state index contributed by atoms with van der Waals surface area (Å²) in [7, 11) is 1.57. The highest BCUT2D eigenvalue weighted by Gasteiger charge is 2.19. The lowest BCUT2D eigenvalue weighted by atomic mass is 10.1. The van der Waals surface area contributed by atoms with E-state index in [0.717, 1.165) is 10.4 Å². The topological polar surface area (TPSA) is 76.0 Å². The van der Waals surface area contributed by atoms with Crippen molar-refractivity contribution in [2.75, 3.05) is 12.4 Å². The molecule has 0 aliphatic carbocycles. The van der Waals surface area contributed by atoms with E-state index >= 15 is 0 Å². The third-order valence-corrected chi connectivity index (χ3v) is 5.43. The minimum Gasteiger partial charge on any atom is -0.355 e. The van der Waals surface area contributed by atoms with Gasteiger partial charge in [0, 0.05) is 24.5 Å². The maximum Gasteiger partial charge on any atom is 0.259 e. The lowest BCUT2D eigenvalue weighted by Crippen LogP contribution is -2.18. The van der Waals surface area contributed by atoms with Gasteiger partial charge in [0.15, 0.2) is 0 Å². The number of aromatic nitrogens is 2. The Hall–Kier alpha value is -3.71. The molecule has 0 saturated heterocycles. The molecule has 6 nitrogen and oxygen atoms in total. The van der Waals surface area contributed by atoms with E-state index in [9.17, 15) is 9.59 Å². The van der Waals surface area contributed by atoms with Gasteiger partial charge in [-0.1, -0.05) is 42.5 Å². The normalized spacial score (nSPS) is 10.6. The van der Waals surface area contributed by atoms with Crippen LogP contribution >= 0.6 is 11.3 Å². The third-order valence-electron chi connectivity index (χ3n) is 4.56. The Bertz CT molecular complexity index is 1170. The fourth-order valence-electron chi connectivity index (χ4n) is 3.12. The van der Waals surface area contributed by atoms with Crippen LogP contribution in [0.1, 0.15) is 26.3 Å². The molecule has 2 aromatic heterocycles. The second-order valence-corrected chi connectivity index (χ2v) is 7.61. The predicted molar refractivity (Wildman–Crippen MR) is 119 cm³/mol. The van der Waals surface area contributed by atoms with E-state index in [-0.39, 0.29) is 11.8 Å². The summed E-state index contributed by atoms with van der Waals surface area (Å²) < 4.78 is 1.78. The van der Waals surface area contributed by atoms with Crippen molar-refractivity contribution in [1.82, 2.24) is 15.1 Å². The summed E-state index contributed by atoms with van der Waals surface area (Å²) in [5.41, 5.74) is 3.25. The average molecular weight is 417 g/mol. The highest BCUT2D eigenvalue weighted by Crippen LogP contribution is 2.27. The Morgan fingerprint density at radius 3 is 2.57 bits per heavy atom. The Morgan fingerprint density at radius 2 is 1.83 bits per heavy atom. The van der Waals surface area contributed by atoms with Crippen LogP contribution in [0.3, 0.4) is 0 Å². The molecule has 2 aromatic carbocycles. The first kappa shape index (κ1) is 19.6. The molecule has 0 radical (unpaired) electrons. The number of rotatable bonds is 6. The van der Waals surface area contributed by atoms with Gasteiger partial charge in [-0.2, -0.15) is 5.10 Å². The molecule has 0 fully saturated rings. The van der Waals surface area contributed by atoms with E-state index in [1.165, 1.54) is 11.3 Å². The number of nitrogens with zero attached hydrogens (tertiary/aromatic N) is 2. The van der Waals surface area contributed by atoms with Gasteiger partial charge in [0.2, 0.25) is 0 Å². The van der Waals surface area contributed by atoms with Crippen LogP contribution in [-0.2, 0) is 6.54 Å². The number of carbonyl (C=O) groups excluding carboxylic acids is 2.